The Morgan fingerprint density at radius 1 is 1.23 bits per heavy atom. The highest BCUT2D eigenvalue weighted by Gasteiger charge is 2.22. The van der Waals surface area contributed by atoms with Gasteiger partial charge in [-0.25, -0.2) is 0 Å². The molecule has 2 heteroatoms. The maximum absolute atomic E-state index is 10.9. The fourth-order valence-electron chi connectivity index (χ4n) is 1.41. The summed E-state index contributed by atoms with van der Waals surface area (Å²) < 4.78 is 0. The highest BCUT2D eigenvalue weighted by atomic mass is 16.1. The lowest BCUT2D eigenvalue weighted by Gasteiger charge is -1.98. The molecule has 2 rings (SSSR count). The van der Waals surface area contributed by atoms with Crippen LogP contribution in [0.25, 0.3) is 0 Å². The van der Waals surface area contributed by atoms with Gasteiger partial charge in [0.25, 0.3) is 0 Å². The van der Waals surface area contributed by atoms with Crippen LogP contribution in [0.4, 0.5) is 0 Å². The van der Waals surface area contributed by atoms with E-state index < -0.39 is 0 Å². The van der Waals surface area contributed by atoms with Gasteiger partial charge in [0.2, 0.25) is 0 Å². The van der Waals surface area contributed by atoms with E-state index in [1.54, 1.807) is 6.92 Å². The molecular formula is C11H14O2. The normalized spacial score (nSPS) is 14.8. The van der Waals surface area contributed by atoms with Crippen molar-refractivity contribution in [3.8, 4) is 0 Å². The van der Waals surface area contributed by atoms with Crippen LogP contribution in [0, 0.1) is 0 Å². The SMILES string of the molecule is CC(=O)c1ccc(C2CC2)cc1.O. The molecule has 2 N–H and O–H groups in total. The van der Waals surface area contributed by atoms with Crippen LogP contribution < -0.4 is 0 Å². The van der Waals surface area contributed by atoms with Crippen LogP contribution in [0.2, 0.25) is 0 Å². The fraction of sp³-hybridized carbons (Fsp3) is 0.364. The molecule has 0 amide bonds. The second kappa shape index (κ2) is 3.71. The summed E-state index contributed by atoms with van der Waals surface area (Å²) in [6.07, 6.45) is 2.64. The molecule has 2 nitrogen and oxygen atoms in total. The molecular weight excluding hydrogens is 164 g/mol. The van der Waals surface area contributed by atoms with Crippen molar-refractivity contribution in [3.63, 3.8) is 0 Å². The predicted octanol–water partition coefficient (Wildman–Crippen LogP) is 1.94. The van der Waals surface area contributed by atoms with Gasteiger partial charge in [0.1, 0.15) is 0 Å². The molecule has 0 unspecified atom stereocenters. The first-order valence-corrected chi connectivity index (χ1v) is 4.38. The fourth-order valence-corrected chi connectivity index (χ4v) is 1.41. The number of rotatable bonds is 2. The van der Waals surface area contributed by atoms with Gasteiger partial charge in [-0.2, -0.15) is 0 Å². The Bertz CT molecular complexity index is 296. The van der Waals surface area contributed by atoms with Gasteiger partial charge in [-0.05, 0) is 31.2 Å². The van der Waals surface area contributed by atoms with Crippen molar-refractivity contribution in [2.75, 3.05) is 0 Å². The predicted molar refractivity (Wildman–Crippen MR) is 52.0 cm³/mol. The van der Waals surface area contributed by atoms with Gasteiger partial charge in [-0.15, -0.1) is 0 Å². The van der Waals surface area contributed by atoms with E-state index in [1.807, 2.05) is 12.1 Å². The van der Waals surface area contributed by atoms with Crippen molar-refractivity contribution >= 4 is 5.78 Å². The second-order valence-electron chi connectivity index (χ2n) is 3.45. The molecule has 0 heterocycles. The van der Waals surface area contributed by atoms with Crippen LogP contribution in [0.5, 0.6) is 0 Å². The minimum absolute atomic E-state index is 0. The zero-order valence-electron chi connectivity index (χ0n) is 7.71. The molecule has 0 aromatic heterocycles. The summed E-state index contributed by atoms with van der Waals surface area (Å²) in [6, 6.07) is 8.01. The third-order valence-corrected chi connectivity index (χ3v) is 2.37. The maximum atomic E-state index is 10.9. The topological polar surface area (TPSA) is 48.6 Å². The summed E-state index contributed by atoms with van der Waals surface area (Å²) in [5, 5.41) is 0. The quantitative estimate of drug-likeness (QED) is 0.638. The lowest BCUT2D eigenvalue weighted by molar-refractivity contribution is 0.101. The van der Waals surface area contributed by atoms with Gasteiger partial charge in [-0.1, -0.05) is 24.3 Å². The number of benzene rings is 1. The molecule has 1 aliphatic rings. The number of hydrogen-bond donors (Lipinski definition) is 0. The molecule has 1 aromatic rings. The lowest BCUT2D eigenvalue weighted by Crippen LogP contribution is -1.91. The summed E-state index contributed by atoms with van der Waals surface area (Å²) in [5.74, 6) is 0.934. The van der Waals surface area contributed by atoms with Crippen molar-refractivity contribution in [3.05, 3.63) is 35.4 Å². The van der Waals surface area contributed by atoms with Crippen LogP contribution >= 0.6 is 0 Å². The molecule has 0 bridgehead atoms. The highest BCUT2D eigenvalue weighted by molar-refractivity contribution is 5.94. The van der Waals surface area contributed by atoms with Crippen molar-refractivity contribution < 1.29 is 10.3 Å². The minimum atomic E-state index is 0. The average molecular weight is 178 g/mol. The lowest BCUT2D eigenvalue weighted by atomic mass is 10.1. The molecule has 1 aromatic carbocycles. The number of ketones is 1. The number of carbonyl (C=O) groups is 1. The van der Waals surface area contributed by atoms with Crippen molar-refractivity contribution in [1.82, 2.24) is 0 Å². The summed E-state index contributed by atoms with van der Waals surface area (Å²) in [6.45, 7) is 1.60. The van der Waals surface area contributed by atoms with Gasteiger partial charge >= 0.3 is 0 Å². The van der Waals surface area contributed by atoms with E-state index in [1.165, 1.54) is 18.4 Å². The van der Waals surface area contributed by atoms with Crippen molar-refractivity contribution in [1.29, 1.82) is 0 Å². The van der Waals surface area contributed by atoms with Gasteiger partial charge in [0, 0.05) is 5.56 Å². The first-order valence-electron chi connectivity index (χ1n) is 4.38. The first-order chi connectivity index (χ1) is 5.77. The smallest absolute Gasteiger partial charge is 0.159 e. The Morgan fingerprint density at radius 3 is 2.15 bits per heavy atom. The number of Topliss-reactive ketones (excluding diaryl/α,β-unsaturated/α-hetero) is 1. The van der Waals surface area contributed by atoms with Crippen molar-refractivity contribution in [2.45, 2.75) is 25.7 Å². The molecule has 0 aliphatic heterocycles. The minimum Gasteiger partial charge on any atom is -0.412 e. The van der Waals surface area contributed by atoms with E-state index in [0.717, 1.165) is 11.5 Å². The first kappa shape index (κ1) is 9.93. The summed E-state index contributed by atoms with van der Waals surface area (Å²) in [4.78, 5) is 10.9. The average Bonchev–Trinajstić information content (AvgIpc) is 2.87. The Balaban J connectivity index is 0.000000845. The van der Waals surface area contributed by atoms with Gasteiger partial charge in [-0.3, -0.25) is 4.79 Å². The Hall–Kier alpha value is -1.15. The molecule has 0 atom stereocenters. The summed E-state index contributed by atoms with van der Waals surface area (Å²) >= 11 is 0. The summed E-state index contributed by atoms with van der Waals surface area (Å²) in [7, 11) is 0. The largest absolute Gasteiger partial charge is 0.412 e. The van der Waals surface area contributed by atoms with Crippen LogP contribution in [-0.2, 0) is 0 Å². The van der Waals surface area contributed by atoms with E-state index in [2.05, 4.69) is 12.1 Å². The third kappa shape index (κ3) is 2.16. The molecule has 13 heavy (non-hydrogen) atoms. The number of hydrogen-bond acceptors (Lipinski definition) is 1. The Kier molecular flexibility index (Phi) is 2.83. The molecule has 0 radical (unpaired) electrons. The zero-order valence-corrected chi connectivity index (χ0v) is 7.71. The van der Waals surface area contributed by atoms with Crippen LogP contribution in [0.3, 0.4) is 0 Å². The molecule has 1 fully saturated rings. The van der Waals surface area contributed by atoms with E-state index in [-0.39, 0.29) is 11.3 Å². The molecule has 0 spiro atoms. The molecule has 70 valence electrons. The standard InChI is InChI=1S/C11H12O.H2O/c1-8(12)9-2-4-10(5-3-9)11-6-7-11;/h2-5,11H,6-7H2,1H3;1H2. The van der Waals surface area contributed by atoms with E-state index >= 15 is 0 Å². The molecule has 0 saturated heterocycles. The van der Waals surface area contributed by atoms with Crippen LogP contribution in [-0.4, -0.2) is 11.3 Å². The van der Waals surface area contributed by atoms with Gasteiger partial charge < -0.3 is 5.48 Å². The van der Waals surface area contributed by atoms with Crippen LogP contribution in [0.1, 0.15) is 41.6 Å². The van der Waals surface area contributed by atoms with Crippen molar-refractivity contribution in [2.24, 2.45) is 0 Å². The second-order valence-corrected chi connectivity index (χ2v) is 3.45. The highest BCUT2D eigenvalue weighted by Crippen LogP contribution is 2.39. The maximum Gasteiger partial charge on any atom is 0.159 e. The Labute approximate surface area is 77.9 Å². The summed E-state index contributed by atoms with van der Waals surface area (Å²) in [5.41, 5.74) is 2.21. The van der Waals surface area contributed by atoms with Gasteiger partial charge in [0.15, 0.2) is 5.78 Å². The Morgan fingerprint density at radius 2 is 1.77 bits per heavy atom. The number of carbonyl (C=O) groups excluding carboxylic acids is 1. The zero-order chi connectivity index (χ0) is 8.55. The van der Waals surface area contributed by atoms with E-state index in [9.17, 15) is 4.79 Å². The van der Waals surface area contributed by atoms with Crippen LogP contribution in [0.15, 0.2) is 24.3 Å². The van der Waals surface area contributed by atoms with E-state index in [4.69, 9.17) is 0 Å². The van der Waals surface area contributed by atoms with E-state index in [0.29, 0.717) is 0 Å². The molecule has 1 saturated carbocycles. The van der Waals surface area contributed by atoms with Gasteiger partial charge in [0.05, 0.1) is 0 Å². The third-order valence-electron chi connectivity index (χ3n) is 2.37. The molecule has 1 aliphatic carbocycles. The monoisotopic (exact) mass is 178 g/mol.